The first-order valence-electron chi connectivity index (χ1n) is 13.2. The van der Waals surface area contributed by atoms with E-state index in [9.17, 15) is 5.11 Å². The van der Waals surface area contributed by atoms with Crippen LogP contribution in [-0.4, -0.2) is 50.0 Å². The van der Waals surface area contributed by atoms with E-state index in [-0.39, 0.29) is 6.61 Å². The molecular weight excluding hydrogens is 470 g/mol. The fourth-order valence-electron chi connectivity index (χ4n) is 4.42. The summed E-state index contributed by atoms with van der Waals surface area (Å²) in [5.74, 6) is 0.846. The topological polar surface area (TPSA) is 41.9 Å². The molecule has 0 bridgehead atoms. The number of aliphatic hydroxyl groups is 1. The van der Waals surface area contributed by atoms with Gasteiger partial charge in [-0.3, -0.25) is 0 Å². The van der Waals surface area contributed by atoms with Gasteiger partial charge >= 0.3 is 0 Å². The number of hydrogen-bond donors (Lipinski definition) is 1. The number of benzene rings is 4. The predicted molar refractivity (Wildman–Crippen MR) is 156 cm³/mol. The average molecular weight is 508 g/mol. The standard InChI is InChI=1S/C34H37NO3/c1-35(22-25-37-27-28-11-5-2-6-12-28)23-26-38-32-19-17-31(18-20-32)34(30-15-9-4-10-16-30)33(21-24-36)29-13-7-3-8-14-29/h2-20,36H,21-27H2,1H3. The molecule has 0 atom stereocenters. The molecule has 196 valence electrons. The van der Waals surface area contributed by atoms with E-state index in [4.69, 9.17) is 9.47 Å². The summed E-state index contributed by atoms with van der Waals surface area (Å²) >= 11 is 0. The third kappa shape index (κ3) is 8.15. The molecule has 0 saturated heterocycles. The molecule has 4 aromatic carbocycles. The monoisotopic (exact) mass is 507 g/mol. The average Bonchev–Trinajstić information content (AvgIpc) is 2.97. The Morgan fingerprint density at radius 3 is 1.84 bits per heavy atom. The fraction of sp³-hybridized carbons (Fsp3) is 0.235. The first-order chi connectivity index (χ1) is 18.7. The Kier molecular flexibility index (Phi) is 10.7. The second kappa shape index (κ2) is 14.9. The van der Waals surface area contributed by atoms with Crippen molar-refractivity contribution in [2.75, 3.05) is 40.0 Å². The van der Waals surface area contributed by atoms with Crippen LogP contribution in [0.25, 0.3) is 11.1 Å². The van der Waals surface area contributed by atoms with Gasteiger partial charge in [-0.25, -0.2) is 0 Å². The smallest absolute Gasteiger partial charge is 0.119 e. The van der Waals surface area contributed by atoms with Crippen molar-refractivity contribution in [3.05, 3.63) is 138 Å². The van der Waals surface area contributed by atoms with Crippen LogP contribution in [0, 0.1) is 0 Å². The zero-order valence-electron chi connectivity index (χ0n) is 22.1. The maximum atomic E-state index is 9.88. The van der Waals surface area contributed by atoms with Gasteiger partial charge in [0.1, 0.15) is 12.4 Å². The summed E-state index contributed by atoms with van der Waals surface area (Å²) in [5, 5.41) is 9.88. The molecule has 1 N–H and O–H groups in total. The van der Waals surface area contributed by atoms with E-state index in [1.165, 1.54) is 5.56 Å². The van der Waals surface area contributed by atoms with E-state index in [0.717, 1.165) is 46.7 Å². The number of rotatable bonds is 14. The van der Waals surface area contributed by atoms with Crippen LogP contribution in [0.5, 0.6) is 5.75 Å². The van der Waals surface area contributed by atoms with Crippen LogP contribution < -0.4 is 4.74 Å². The molecule has 0 radical (unpaired) electrons. The SMILES string of the molecule is CN(CCOCc1ccccc1)CCOc1ccc(C(=C(CCO)c2ccccc2)c2ccccc2)cc1. The summed E-state index contributed by atoms with van der Waals surface area (Å²) in [5.41, 5.74) is 6.81. The van der Waals surface area contributed by atoms with E-state index in [0.29, 0.717) is 26.2 Å². The van der Waals surface area contributed by atoms with Crippen LogP contribution in [0.2, 0.25) is 0 Å². The predicted octanol–water partition coefficient (Wildman–Crippen LogP) is 6.56. The summed E-state index contributed by atoms with van der Waals surface area (Å²) in [6, 6.07) is 39.2. The van der Waals surface area contributed by atoms with Crippen molar-refractivity contribution in [3.8, 4) is 5.75 Å². The molecular formula is C34H37NO3. The van der Waals surface area contributed by atoms with Gasteiger partial charge in [0, 0.05) is 19.7 Å². The van der Waals surface area contributed by atoms with Crippen LogP contribution in [0.4, 0.5) is 0 Å². The lowest BCUT2D eigenvalue weighted by Crippen LogP contribution is -2.27. The van der Waals surface area contributed by atoms with Crippen LogP contribution in [-0.2, 0) is 11.3 Å². The summed E-state index contributed by atoms with van der Waals surface area (Å²) in [4.78, 5) is 2.22. The van der Waals surface area contributed by atoms with Crippen LogP contribution in [0.1, 0.15) is 28.7 Å². The van der Waals surface area contributed by atoms with Gasteiger partial charge < -0.3 is 19.5 Å². The molecule has 0 aliphatic rings. The van der Waals surface area contributed by atoms with Crippen LogP contribution in [0.15, 0.2) is 115 Å². The van der Waals surface area contributed by atoms with E-state index < -0.39 is 0 Å². The Hall–Kier alpha value is -3.70. The van der Waals surface area contributed by atoms with Gasteiger partial charge in [0.05, 0.1) is 13.2 Å². The summed E-state index contributed by atoms with van der Waals surface area (Å²) < 4.78 is 11.8. The molecule has 4 aromatic rings. The van der Waals surface area contributed by atoms with Gasteiger partial charge in [-0.05, 0) is 59.0 Å². The molecule has 0 unspecified atom stereocenters. The lowest BCUT2D eigenvalue weighted by molar-refractivity contribution is 0.0956. The van der Waals surface area contributed by atoms with E-state index >= 15 is 0 Å². The molecule has 0 spiro atoms. The lowest BCUT2D eigenvalue weighted by Gasteiger charge is -2.18. The molecule has 4 rings (SSSR count). The second-order valence-corrected chi connectivity index (χ2v) is 9.27. The van der Waals surface area contributed by atoms with Gasteiger partial charge in [-0.15, -0.1) is 0 Å². The highest BCUT2D eigenvalue weighted by molar-refractivity contribution is 5.98. The Morgan fingerprint density at radius 1 is 0.658 bits per heavy atom. The van der Waals surface area contributed by atoms with Crippen molar-refractivity contribution in [1.82, 2.24) is 4.90 Å². The van der Waals surface area contributed by atoms with Crippen molar-refractivity contribution < 1.29 is 14.6 Å². The number of hydrogen-bond acceptors (Lipinski definition) is 4. The fourth-order valence-corrected chi connectivity index (χ4v) is 4.42. The lowest BCUT2D eigenvalue weighted by atomic mass is 9.88. The summed E-state index contributed by atoms with van der Waals surface area (Å²) in [7, 11) is 2.08. The third-order valence-electron chi connectivity index (χ3n) is 6.46. The summed E-state index contributed by atoms with van der Waals surface area (Å²) in [6.07, 6.45) is 0.577. The molecule has 0 aliphatic carbocycles. The van der Waals surface area contributed by atoms with Gasteiger partial charge in [-0.2, -0.15) is 0 Å². The zero-order valence-corrected chi connectivity index (χ0v) is 22.1. The molecule has 0 aliphatic heterocycles. The van der Waals surface area contributed by atoms with Crippen molar-refractivity contribution in [2.45, 2.75) is 13.0 Å². The molecule has 0 aromatic heterocycles. The number of likely N-dealkylation sites (N-methyl/N-ethyl adjacent to an activating group) is 1. The zero-order chi connectivity index (χ0) is 26.4. The van der Waals surface area contributed by atoms with Crippen molar-refractivity contribution in [2.24, 2.45) is 0 Å². The van der Waals surface area contributed by atoms with Crippen molar-refractivity contribution in [3.63, 3.8) is 0 Å². The minimum Gasteiger partial charge on any atom is -0.492 e. The highest BCUT2D eigenvalue weighted by atomic mass is 16.5. The quantitative estimate of drug-likeness (QED) is 0.155. The largest absolute Gasteiger partial charge is 0.492 e. The highest BCUT2D eigenvalue weighted by Gasteiger charge is 2.14. The Balaban J connectivity index is 1.37. The van der Waals surface area contributed by atoms with Gasteiger partial charge in [-0.1, -0.05) is 103 Å². The number of aliphatic hydroxyl groups excluding tert-OH is 1. The third-order valence-corrected chi connectivity index (χ3v) is 6.46. The minimum atomic E-state index is 0.0899. The van der Waals surface area contributed by atoms with E-state index in [1.807, 2.05) is 54.6 Å². The maximum Gasteiger partial charge on any atom is 0.119 e. The van der Waals surface area contributed by atoms with E-state index in [1.54, 1.807) is 0 Å². The van der Waals surface area contributed by atoms with Gasteiger partial charge in [0.25, 0.3) is 0 Å². The maximum absolute atomic E-state index is 9.88. The summed E-state index contributed by atoms with van der Waals surface area (Å²) in [6.45, 7) is 3.70. The normalized spacial score (nSPS) is 11.9. The second-order valence-electron chi connectivity index (χ2n) is 9.27. The molecule has 0 amide bonds. The molecule has 4 nitrogen and oxygen atoms in total. The molecule has 4 heteroatoms. The van der Waals surface area contributed by atoms with E-state index in [2.05, 4.69) is 72.6 Å². The van der Waals surface area contributed by atoms with Gasteiger partial charge in [0.2, 0.25) is 0 Å². The minimum absolute atomic E-state index is 0.0899. The first-order valence-corrected chi connectivity index (χ1v) is 13.2. The first kappa shape index (κ1) is 27.3. The molecule has 0 fully saturated rings. The van der Waals surface area contributed by atoms with Crippen LogP contribution in [0.3, 0.4) is 0 Å². The van der Waals surface area contributed by atoms with Crippen molar-refractivity contribution >= 4 is 11.1 Å². The Morgan fingerprint density at radius 2 is 1.21 bits per heavy atom. The Labute approximate surface area is 226 Å². The molecule has 0 saturated carbocycles. The molecule has 0 heterocycles. The van der Waals surface area contributed by atoms with Gasteiger partial charge in [0.15, 0.2) is 0 Å². The Bertz CT molecular complexity index is 1240. The molecule has 38 heavy (non-hydrogen) atoms. The van der Waals surface area contributed by atoms with Crippen molar-refractivity contribution in [1.29, 1.82) is 0 Å². The number of nitrogens with zero attached hydrogens (tertiary/aromatic N) is 1. The highest BCUT2D eigenvalue weighted by Crippen LogP contribution is 2.34. The van der Waals surface area contributed by atoms with Crippen LogP contribution >= 0.6 is 0 Å². The number of ether oxygens (including phenoxy) is 2.